The van der Waals surface area contributed by atoms with Crippen LogP contribution in [-0.2, 0) is 16.1 Å². The van der Waals surface area contributed by atoms with E-state index in [-0.39, 0.29) is 0 Å². The molecule has 1 N–H and O–H groups in total. The van der Waals surface area contributed by atoms with E-state index >= 15 is 0 Å². The molecule has 1 aromatic heterocycles. The smallest absolute Gasteiger partial charge is 0.308 e. The number of rotatable bonds is 6. The lowest BCUT2D eigenvalue weighted by atomic mass is 10.2. The lowest BCUT2D eigenvalue weighted by Crippen LogP contribution is -2.29. The van der Waals surface area contributed by atoms with E-state index in [2.05, 4.69) is 9.97 Å². The second-order valence-electron chi connectivity index (χ2n) is 4.34. The predicted octanol–water partition coefficient (Wildman–Crippen LogP) is 1.09. The van der Waals surface area contributed by atoms with E-state index in [4.69, 9.17) is 9.84 Å². The summed E-state index contributed by atoms with van der Waals surface area (Å²) < 4.78 is 5.00. The molecule has 6 heteroatoms. The summed E-state index contributed by atoms with van der Waals surface area (Å²) >= 11 is 0. The highest BCUT2D eigenvalue weighted by Gasteiger charge is 2.15. The van der Waals surface area contributed by atoms with Gasteiger partial charge in [0.1, 0.15) is 12.4 Å². The third-order valence-electron chi connectivity index (χ3n) is 2.52. The number of aromatic nitrogens is 2. The Hall–Kier alpha value is -1.69. The first-order valence-electron chi connectivity index (χ1n) is 5.71. The van der Waals surface area contributed by atoms with Gasteiger partial charge in [0.05, 0.1) is 5.92 Å². The summed E-state index contributed by atoms with van der Waals surface area (Å²) in [6, 6.07) is 1.83. The predicted molar refractivity (Wildman–Crippen MR) is 67.6 cm³/mol. The zero-order valence-corrected chi connectivity index (χ0v) is 11.2. The van der Waals surface area contributed by atoms with Gasteiger partial charge in [0.25, 0.3) is 0 Å². The number of carboxylic acids is 1. The summed E-state index contributed by atoms with van der Waals surface area (Å²) in [7, 11) is 3.40. The molecular weight excluding hydrogens is 234 g/mol. The topological polar surface area (TPSA) is 75.5 Å². The van der Waals surface area contributed by atoms with Crippen LogP contribution in [0.5, 0.6) is 0 Å². The van der Waals surface area contributed by atoms with E-state index in [9.17, 15) is 4.79 Å². The molecule has 6 nitrogen and oxygen atoms in total. The van der Waals surface area contributed by atoms with E-state index in [1.165, 1.54) is 0 Å². The monoisotopic (exact) mass is 253 g/mol. The number of hydrogen-bond donors (Lipinski definition) is 1. The lowest BCUT2D eigenvalue weighted by Gasteiger charge is -2.21. The summed E-state index contributed by atoms with van der Waals surface area (Å²) in [5.41, 5.74) is 0.835. The molecule has 0 aliphatic carbocycles. The third kappa shape index (κ3) is 3.96. The molecular formula is C12H19N3O3. The average Bonchev–Trinajstić information content (AvgIpc) is 2.28. The fourth-order valence-electron chi connectivity index (χ4n) is 1.58. The van der Waals surface area contributed by atoms with E-state index < -0.39 is 11.9 Å². The maximum Gasteiger partial charge on any atom is 0.308 e. The van der Waals surface area contributed by atoms with Crippen LogP contribution in [-0.4, -0.2) is 41.7 Å². The molecule has 0 bridgehead atoms. The summed E-state index contributed by atoms with van der Waals surface area (Å²) in [6.45, 7) is 4.29. The molecule has 1 unspecified atom stereocenters. The molecule has 0 spiro atoms. The highest BCUT2D eigenvalue weighted by atomic mass is 16.5. The summed E-state index contributed by atoms with van der Waals surface area (Å²) in [5, 5.41) is 8.89. The Balaban J connectivity index is 2.84. The molecule has 1 aromatic rings. The van der Waals surface area contributed by atoms with Crippen LogP contribution in [0.1, 0.15) is 18.4 Å². The van der Waals surface area contributed by atoms with Crippen LogP contribution in [0.25, 0.3) is 0 Å². The van der Waals surface area contributed by atoms with Crippen molar-refractivity contribution in [3.63, 3.8) is 0 Å². The van der Waals surface area contributed by atoms with Crippen LogP contribution in [0.2, 0.25) is 0 Å². The zero-order chi connectivity index (χ0) is 13.7. The first kappa shape index (κ1) is 14.4. The van der Waals surface area contributed by atoms with Crippen molar-refractivity contribution in [1.29, 1.82) is 0 Å². The summed E-state index contributed by atoms with van der Waals surface area (Å²) in [4.78, 5) is 21.2. The largest absolute Gasteiger partial charge is 0.481 e. The molecule has 0 aliphatic rings. The standard InChI is InChI=1S/C12H19N3O3/c1-8(12(16)17)6-15(3)11-5-9(2)13-10(14-11)7-18-4/h5,8H,6-7H2,1-4H3,(H,16,17). The van der Waals surface area contributed by atoms with Crippen molar-refractivity contribution in [2.75, 3.05) is 25.6 Å². The Morgan fingerprint density at radius 1 is 1.56 bits per heavy atom. The van der Waals surface area contributed by atoms with Gasteiger partial charge in [-0.15, -0.1) is 0 Å². The average molecular weight is 253 g/mol. The van der Waals surface area contributed by atoms with Crippen LogP contribution >= 0.6 is 0 Å². The third-order valence-corrected chi connectivity index (χ3v) is 2.52. The molecule has 0 amide bonds. The number of nitrogens with zero attached hydrogens (tertiary/aromatic N) is 3. The molecule has 0 aliphatic heterocycles. The first-order chi connectivity index (χ1) is 8.43. The molecule has 1 heterocycles. The molecule has 0 aromatic carbocycles. The van der Waals surface area contributed by atoms with Crippen molar-refractivity contribution < 1.29 is 14.6 Å². The van der Waals surface area contributed by atoms with Crippen molar-refractivity contribution in [3.8, 4) is 0 Å². The van der Waals surface area contributed by atoms with Crippen molar-refractivity contribution in [1.82, 2.24) is 9.97 Å². The fourth-order valence-corrected chi connectivity index (χ4v) is 1.58. The highest BCUT2D eigenvalue weighted by Crippen LogP contribution is 2.13. The van der Waals surface area contributed by atoms with Gasteiger partial charge in [-0.25, -0.2) is 9.97 Å². The summed E-state index contributed by atoms with van der Waals surface area (Å²) in [5.74, 6) is 0.0471. The van der Waals surface area contributed by atoms with Gasteiger partial charge in [0.15, 0.2) is 5.82 Å². The van der Waals surface area contributed by atoms with Gasteiger partial charge in [-0.1, -0.05) is 6.92 Å². The van der Waals surface area contributed by atoms with E-state index in [0.29, 0.717) is 24.8 Å². The van der Waals surface area contributed by atoms with Gasteiger partial charge in [0.2, 0.25) is 0 Å². The Labute approximate surface area is 107 Å². The van der Waals surface area contributed by atoms with Crippen LogP contribution in [0.4, 0.5) is 5.82 Å². The molecule has 18 heavy (non-hydrogen) atoms. The number of carbonyl (C=O) groups is 1. The van der Waals surface area contributed by atoms with E-state index in [0.717, 1.165) is 5.69 Å². The number of carboxylic acid groups (broad SMARTS) is 1. The lowest BCUT2D eigenvalue weighted by molar-refractivity contribution is -0.140. The summed E-state index contributed by atoms with van der Waals surface area (Å²) in [6.07, 6.45) is 0. The second kappa shape index (κ2) is 6.30. The van der Waals surface area contributed by atoms with Gasteiger partial charge < -0.3 is 14.7 Å². The Kier molecular flexibility index (Phi) is 5.03. The van der Waals surface area contributed by atoms with Gasteiger partial charge in [0, 0.05) is 32.5 Å². The first-order valence-corrected chi connectivity index (χ1v) is 5.71. The SMILES string of the molecule is COCc1nc(C)cc(N(C)CC(C)C(=O)O)n1. The molecule has 100 valence electrons. The van der Waals surface area contributed by atoms with Crippen LogP contribution in [0.15, 0.2) is 6.07 Å². The number of aliphatic carboxylic acids is 1. The zero-order valence-electron chi connectivity index (χ0n) is 11.2. The van der Waals surface area contributed by atoms with E-state index in [1.807, 2.05) is 24.9 Å². The highest BCUT2D eigenvalue weighted by molar-refractivity contribution is 5.70. The second-order valence-corrected chi connectivity index (χ2v) is 4.34. The minimum absolute atomic E-state index is 0.344. The van der Waals surface area contributed by atoms with Crippen LogP contribution in [0.3, 0.4) is 0 Å². The fraction of sp³-hybridized carbons (Fsp3) is 0.583. The molecule has 1 atom stereocenters. The van der Waals surface area contributed by atoms with Gasteiger partial charge >= 0.3 is 5.97 Å². The maximum atomic E-state index is 10.8. The minimum atomic E-state index is -0.815. The molecule has 0 radical (unpaired) electrons. The van der Waals surface area contributed by atoms with Crippen LogP contribution < -0.4 is 4.90 Å². The molecule has 1 rings (SSSR count). The van der Waals surface area contributed by atoms with Crippen LogP contribution in [0, 0.1) is 12.8 Å². The molecule has 0 saturated heterocycles. The Morgan fingerprint density at radius 2 is 2.22 bits per heavy atom. The number of hydrogen-bond acceptors (Lipinski definition) is 5. The Morgan fingerprint density at radius 3 is 2.78 bits per heavy atom. The number of anilines is 1. The van der Waals surface area contributed by atoms with Crippen molar-refractivity contribution in [2.24, 2.45) is 5.92 Å². The number of ether oxygens (including phenoxy) is 1. The van der Waals surface area contributed by atoms with Gasteiger partial charge in [-0.3, -0.25) is 4.79 Å². The van der Waals surface area contributed by atoms with Crippen molar-refractivity contribution in [3.05, 3.63) is 17.6 Å². The van der Waals surface area contributed by atoms with Gasteiger partial charge in [-0.05, 0) is 6.92 Å². The quantitative estimate of drug-likeness (QED) is 0.818. The molecule has 0 fully saturated rings. The number of aryl methyl sites for hydroxylation is 1. The normalized spacial score (nSPS) is 12.2. The van der Waals surface area contributed by atoms with Crippen molar-refractivity contribution >= 4 is 11.8 Å². The maximum absolute atomic E-state index is 10.8. The Bertz CT molecular complexity index is 423. The minimum Gasteiger partial charge on any atom is -0.481 e. The van der Waals surface area contributed by atoms with E-state index in [1.54, 1.807) is 14.0 Å². The molecule has 0 saturated carbocycles. The number of methoxy groups -OCH3 is 1. The van der Waals surface area contributed by atoms with Gasteiger partial charge in [-0.2, -0.15) is 0 Å². The van der Waals surface area contributed by atoms with Crippen molar-refractivity contribution in [2.45, 2.75) is 20.5 Å².